The van der Waals surface area contributed by atoms with E-state index in [1.165, 1.54) is 6.07 Å². The first-order valence-corrected chi connectivity index (χ1v) is 5.53. The van der Waals surface area contributed by atoms with Gasteiger partial charge in [-0.3, -0.25) is 4.79 Å². The number of aryl methyl sites for hydroxylation is 1. The number of phenolic OH excluding ortho intramolecular Hbond substituents is 1. The van der Waals surface area contributed by atoms with Crippen molar-refractivity contribution in [2.45, 2.75) is 6.92 Å². The highest BCUT2D eigenvalue weighted by atomic mass is 16.3. The van der Waals surface area contributed by atoms with E-state index in [4.69, 9.17) is 5.73 Å². The second-order valence-corrected chi connectivity index (χ2v) is 4.08. The Kier molecular flexibility index (Phi) is 3.19. The highest BCUT2D eigenvalue weighted by Crippen LogP contribution is 2.18. The van der Waals surface area contributed by atoms with Crippen molar-refractivity contribution >= 4 is 17.3 Å². The van der Waals surface area contributed by atoms with Gasteiger partial charge in [0, 0.05) is 16.9 Å². The number of rotatable bonds is 2. The summed E-state index contributed by atoms with van der Waals surface area (Å²) in [5.41, 5.74) is 8.16. The summed E-state index contributed by atoms with van der Waals surface area (Å²) in [5, 5.41) is 12.1. The Morgan fingerprint density at radius 1 is 1.17 bits per heavy atom. The lowest BCUT2D eigenvalue weighted by molar-refractivity contribution is 0.102. The first-order chi connectivity index (χ1) is 8.56. The first-order valence-electron chi connectivity index (χ1n) is 5.53. The normalized spacial score (nSPS) is 10.1. The van der Waals surface area contributed by atoms with Crippen LogP contribution in [0.15, 0.2) is 42.5 Å². The predicted molar refractivity (Wildman–Crippen MR) is 71.7 cm³/mol. The monoisotopic (exact) mass is 242 g/mol. The Bertz CT molecular complexity index is 577. The summed E-state index contributed by atoms with van der Waals surface area (Å²) in [6.07, 6.45) is 0. The van der Waals surface area contributed by atoms with Crippen LogP contribution >= 0.6 is 0 Å². The zero-order valence-corrected chi connectivity index (χ0v) is 9.97. The molecule has 92 valence electrons. The molecule has 0 saturated carbocycles. The molecule has 4 N–H and O–H groups in total. The summed E-state index contributed by atoms with van der Waals surface area (Å²) >= 11 is 0. The lowest BCUT2D eigenvalue weighted by Gasteiger charge is -2.08. The smallest absolute Gasteiger partial charge is 0.255 e. The SMILES string of the molecule is Cc1cc(O)ccc1C(=O)Nc1ccc(N)cc1. The molecular weight excluding hydrogens is 228 g/mol. The highest BCUT2D eigenvalue weighted by Gasteiger charge is 2.09. The van der Waals surface area contributed by atoms with Crippen LogP contribution in [0.2, 0.25) is 0 Å². The van der Waals surface area contributed by atoms with Crippen molar-refractivity contribution < 1.29 is 9.90 Å². The summed E-state index contributed by atoms with van der Waals surface area (Å²) in [6, 6.07) is 11.6. The van der Waals surface area contributed by atoms with Gasteiger partial charge in [0.1, 0.15) is 5.75 Å². The van der Waals surface area contributed by atoms with Gasteiger partial charge in [-0.15, -0.1) is 0 Å². The summed E-state index contributed by atoms with van der Waals surface area (Å²) < 4.78 is 0. The zero-order valence-electron chi connectivity index (χ0n) is 9.97. The zero-order chi connectivity index (χ0) is 13.1. The molecule has 2 rings (SSSR count). The van der Waals surface area contributed by atoms with E-state index in [1.807, 2.05) is 0 Å². The topological polar surface area (TPSA) is 75.3 Å². The number of carbonyl (C=O) groups is 1. The molecule has 0 saturated heterocycles. The summed E-state index contributed by atoms with van der Waals surface area (Å²) in [6.45, 7) is 1.78. The number of anilines is 2. The maximum absolute atomic E-state index is 12.0. The Morgan fingerprint density at radius 2 is 1.83 bits per heavy atom. The van der Waals surface area contributed by atoms with Crippen molar-refractivity contribution in [3.63, 3.8) is 0 Å². The Balaban J connectivity index is 2.19. The van der Waals surface area contributed by atoms with Gasteiger partial charge in [0.25, 0.3) is 5.91 Å². The number of hydrogen-bond donors (Lipinski definition) is 3. The number of aromatic hydroxyl groups is 1. The van der Waals surface area contributed by atoms with Crippen LogP contribution in [0.25, 0.3) is 0 Å². The van der Waals surface area contributed by atoms with Gasteiger partial charge in [-0.2, -0.15) is 0 Å². The summed E-state index contributed by atoms with van der Waals surface area (Å²) in [4.78, 5) is 12.0. The molecule has 0 aromatic heterocycles. The van der Waals surface area contributed by atoms with Crippen molar-refractivity contribution in [3.05, 3.63) is 53.6 Å². The molecule has 0 aliphatic heterocycles. The maximum atomic E-state index is 12.0. The molecule has 4 heteroatoms. The predicted octanol–water partition coefficient (Wildman–Crippen LogP) is 2.54. The third-order valence-electron chi connectivity index (χ3n) is 2.62. The largest absolute Gasteiger partial charge is 0.508 e. The van der Waals surface area contributed by atoms with E-state index in [2.05, 4.69) is 5.32 Å². The van der Waals surface area contributed by atoms with Crippen LogP contribution in [0.1, 0.15) is 15.9 Å². The molecule has 1 amide bonds. The molecule has 0 bridgehead atoms. The van der Waals surface area contributed by atoms with E-state index in [-0.39, 0.29) is 11.7 Å². The number of amides is 1. The van der Waals surface area contributed by atoms with Crippen molar-refractivity contribution in [1.29, 1.82) is 0 Å². The van der Waals surface area contributed by atoms with Crippen molar-refractivity contribution in [3.8, 4) is 5.75 Å². The fourth-order valence-electron chi connectivity index (χ4n) is 1.67. The molecular formula is C14H14N2O2. The van der Waals surface area contributed by atoms with Crippen LogP contribution in [-0.2, 0) is 0 Å². The number of hydrogen-bond acceptors (Lipinski definition) is 3. The molecule has 0 aliphatic carbocycles. The van der Waals surface area contributed by atoms with E-state index < -0.39 is 0 Å². The number of phenols is 1. The minimum atomic E-state index is -0.211. The Hall–Kier alpha value is -2.49. The van der Waals surface area contributed by atoms with E-state index >= 15 is 0 Å². The molecule has 0 radical (unpaired) electrons. The lowest BCUT2D eigenvalue weighted by atomic mass is 10.1. The maximum Gasteiger partial charge on any atom is 0.255 e. The van der Waals surface area contributed by atoms with Crippen LogP contribution < -0.4 is 11.1 Å². The van der Waals surface area contributed by atoms with E-state index in [9.17, 15) is 9.90 Å². The average molecular weight is 242 g/mol. The van der Waals surface area contributed by atoms with E-state index in [0.29, 0.717) is 16.9 Å². The van der Waals surface area contributed by atoms with Gasteiger partial charge < -0.3 is 16.2 Å². The fraction of sp³-hybridized carbons (Fsp3) is 0.0714. The van der Waals surface area contributed by atoms with Crippen LogP contribution in [0, 0.1) is 6.92 Å². The van der Waals surface area contributed by atoms with Gasteiger partial charge in [-0.05, 0) is 55.0 Å². The number of nitrogens with one attached hydrogen (secondary N) is 1. The van der Waals surface area contributed by atoms with Crippen LogP contribution in [0.3, 0.4) is 0 Å². The van der Waals surface area contributed by atoms with E-state index in [1.54, 1.807) is 43.3 Å². The number of benzene rings is 2. The van der Waals surface area contributed by atoms with Crippen LogP contribution in [-0.4, -0.2) is 11.0 Å². The molecule has 0 aliphatic rings. The van der Waals surface area contributed by atoms with Gasteiger partial charge in [-0.25, -0.2) is 0 Å². The molecule has 0 heterocycles. The minimum Gasteiger partial charge on any atom is -0.508 e. The molecule has 4 nitrogen and oxygen atoms in total. The second-order valence-electron chi connectivity index (χ2n) is 4.08. The molecule has 0 unspecified atom stereocenters. The van der Waals surface area contributed by atoms with Gasteiger partial charge in [-0.1, -0.05) is 0 Å². The average Bonchev–Trinajstić information content (AvgIpc) is 2.32. The molecule has 0 atom stereocenters. The van der Waals surface area contributed by atoms with Crippen LogP contribution in [0.4, 0.5) is 11.4 Å². The van der Waals surface area contributed by atoms with Crippen molar-refractivity contribution in [1.82, 2.24) is 0 Å². The molecule has 0 spiro atoms. The fourth-order valence-corrected chi connectivity index (χ4v) is 1.67. The second kappa shape index (κ2) is 4.79. The molecule has 0 fully saturated rings. The number of nitrogen functional groups attached to an aromatic ring is 1. The van der Waals surface area contributed by atoms with Gasteiger partial charge in [0.2, 0.25) is 0 Å². The Morgan fingerprint density at radius 3 is 2.44 bits per heavy atom. The summed E-state index contributed by atoms with van der Waals surface area (Å²) in [5.74, 6) is -0.0613. The van der Waals surface area contributed by atoms with Gasteiger partial charge >= 0.3 is 0 Å². The third-order valence-corrected chi connectivity index (χ3v) is 2.62. The third kappa shape index (κ3) is 2.60. The van der Waals surface area contributed by atoms with Crippen molar-refractivity contribution in [2.24, 2.45) is 0 Å². The highest BCUT2D eigenvalue weighted by molar-refractivity contribution is 6.05. The molecule has 2 aromatic carbocycles. The standard InChI is InChI=1S/C14H14N2O2/c1-9-8-12(17)6-7-13(9)14(18)16-11-4-2-10(15)3-5-11/h2-8,17H,15H2,1H3,(H,16,18). The van der Waals surface area contributed by atoms with Crippen molar-refractivity contribution in [2.75, 3.05) is 11.1 Å². The molecule has 18 heavy (non-hydrogen) atoms. The van der Waals surface area contributed by atoms with Crippen LogP contribution in [0.5, 0.6) is 5.75 Å². The number of carbonyl (C=O) groups excluding carboxylic acids is 1. The lowest BCUT2D eigenvalue weighted by Crippen LogP contribution is -2.13. The minimum absolute atomic E-state index is 0.150. The van der Waals surface area contributed by atoms with Gasteiger partial charge in [0.05, 0.1) is 0 Å². The molecule has 2 aromatic rings. The Labute approximate surface area is 105 Å². The summed E-state index contributed by atoms with van der Waals surface area (Å²) in [7, 11) is 0. The first kappa shape index (κ1) is 12.0. The quantitative estimate of drug-likeness (QED) is 0.708. The van der Waals surface area contributed by atoms with E-state index in [0.717, 1.165) is 5.56 Å². The number of nitrogens with two attached hydrogens (primary N) is 1. The van der Waals surface area contributed by atoms with Gasteiger partial charge in [0.15, 0.2) is 0 Å².